The predicted molar refractivity (Wildman–Crippen MR) is 226 cm³/mol. The first-order valence-electron chi connectivity index (χ1n) is 21.7. The number of hydrogen-bond acceptors (Lipinski definition) is 12. The molecule has 7 rings (SSSR count). The normalized spacial score (nSPS) is 34.8. The maximum absolute atomic E-state index is 11.7. The van der Waals surface area contributed by atoms with Crippen LogP contribution in [0.1, 0.15) is 78.4 Å². The Labute approximate surface area is 356 Å². The largest absolute Gasteiger partial charge is 0.389 e. The van der Waals surface area contributed by atoms with Crippen LogP contribution >= 0.6 is 0 Å². The molecule has 0 aromatic heterocycles. The average molecular weight is 851 g/mol. The summed E-state index contributed by atoms with van der Waals surface area (Å²) in [4.78, 5) is 0. The van der Waals surface area contributed by atoms with Gasteiger partial charge in [0, 0.05) is 11.5 Å². The lowest BCUT2D eigenvalue weighted by molar-refractivity contribution is -0.348. The van der Waals surface area contributed by atoms with Gasteiger partial charge in [-0.3, -0.25) is 0 Å². The molecule has 3 aromatic carbocycles. The second-order valence-electron chi connectivity index (χ2n) is 17.9. The number of aliphatic hydroxyl groups excluding tert-OH is 2. The lowest BCUT2D eigenvalue weighted by Crippen LogP contribution is -2.64. The first-order chi connectivity index (χ1) is 28.8. The molecule has 13 atom stereocenters. The molecule has 330 valence electrons. The van der Waals surface area contributed by atoms with Crippen molar-refractivity contribution in [2.45, 2.75) is 159 Å². The van der Waals surface area contributed by atoms with Gasteiger partial charge in [-0.15, -0.1) is 0 Å². The van der Waals surface area contributed by atoms with Crippen molar-refractivity contribution in [2.75, 3.05) is 19.8 Å². The van der Waals surface area contributed by atoms with E-state index in [1.165, 1.54) is 0 Å². The number of fused-ring (bicyclic) bond motifs is 1. The van der Waals surface area contributed by atoms with Crippen LogP contribution in [0.15, 0.2) is 91.0 Å². The van der Waals surface area contributed by atoms with Gasteiger partial charge >= 0.3 is 0 Å². The fourth-order valence-electron chi connectivity index (χ4n) is 9.64. The lowest BCUT2D eigenvalue weighted by atomic mass is 9.95. The van der Waals surface area contributed by atoms with E-state index >= 15 is 0 Å². The summed E-state index contributed by atoms with van der Waals surface area (Å²) in [7, 11) is -2.47. The van der Waals surface area contributed by atoms with Gasteiger partial charge in [0.25, 0.3) is 0 Å². The molecule has 4 unspecified atom stereocenters. The van der Waals surface area contributed by atoms with Crippen molar-refractivity contribution in [1.29, 1.82) is 0 Å². The van der Waals surface area contributed by atoms with E-state index in [1.54, 1.807) is 0 Å². The van der Waals surface area contributed by atoms with Gasteiger partial charge in [0.1, 0.15) is 36.1 Å². The molecule has 0 bridgehead atoms. The molecular formula is C47H66O12Si. The Morgan fingerprint density at radius 2 is 1.25 bits per heavy atom. The standard InChI is InChI=1S/C47H66O12Si/c1-29(2)60(30(3)4,31(5)6)59-44-38(49)37(48)40(33(8)54-44)56-45-41(51-26-35-20-14-10-15-21-35)39(32(7)24-52-45)55-46-42-47(28-53-46,27-50-25-34-18-12-9-13-19-34)58-43(57-42)36-22-16-11-17-23-36/h9-23,29-33,37-46,48-49H,24-28H2,1-8H3/t32-,33?,37?,38+,39-,40+,41?,42?,43+,44+,45+,46+,47+/m1/s1. The third-order valence-corrected chi connectivity index (χ3v) is 18.8. The topological polar surface area (TPSA) is 133 Å². The average Bonchev–Trinajstić information content (AvgIpc) is 3.77. The molecule has 0 radical (unpaired) electrons. The molecule has 0 saturated carbocycles. The quantitative estimate of drug-likeness (QED) is 0.131. The molecule has 13 heteroatoms. The zero-order valence-corrected chi connectivity index (χ0v) is 37.3. The van der Waals surface area contributed by atoms with Crippen LogP contribution in [0, 0.1) is 5.92 Å². The van der Waals surface area contributed by atoms with E-state index in [0.29, 0.717) is 6.61 Å². The second kappa shape index (κ2) is 19.8. The highest BCUT2D eigenvalue weighted by atomic mass is 28.4. The molecule has 2 N–H and O–H groups in total. The Morgan fingerprint density at radius 1 is 0.667 bits per heavy atom. The van der Waals surface area contributed by atoms with Crippen LogP contribution in [0.25, 0.3) is 0 Å². The maximum atomic E-state index is 11.7. The molecule has 4 fully saturated rings. The molecule has 4 heterocycles. The Morgan fingerprint density at radius 3 is 1.87 bits per heavy atom. The van der Waals surface area contributed by atoms with Crippen molar-refractivity contribution < 1.29 is 57.3 Å². The minimum absolute atomic E-state index is 0.166. The van der Waals surface area contributed by atoms with Crippen molar-refractivity contribution in [3.05, 3.63) is 108 Å². The first kappa shape index (κ1) is 45.4. The predicted octanol–water partition coefficient (Wildman–Crippen LogP) is 7.42. The molecule has 4 aliphatic heterocycles. The number of hydrogen-bond donors (Lipinski definition) is 2. The van der Waals surface area contributed by atoms with Crippen LogP contribution in [0.5, 0.6) is 0 Å². The van der Waals surface area contributed by atoms with Crippen LogP contribution in [0.4, 0.5) is 0 Å². The molecule has 0 amide bonds. The number of benzene rings is 3. The van der Waals surface area contributed by atoms with Gasteiger partial charge in [-0.1, -0.05) is 139 Å². The smallest absolute Gasteiger partial charge is 0.203 e. The summed E-state index contributed by atoms with van der Waals surface area (Å²) in [6.45, 7) is 18.2. The van der Waals surface area contributed by atoms with E-state index < -0.39 is 81.8 Å². The van der Waals surface area contributed by atoms with Crippen molar-refractivity contribution in [3.63, 3.8) is 0 Å². The van der Waals surface area contributed by atoms with Gasteiger partial charge in [0.2, 0.25) is 8.32 Å². The number of rotatable bonds is 17. The van der Waals surface area contributed by atoms with Crippen molar-refractivity contribution in [1.82, 2.24) is 0 Å². The summed E-state index contributed by atoms with van der Waals surface area (Å²) < 4.78 is 66.0. The summed E-state index contributed by atoms with van der Waals surface area (Å²) in [5.74, 6) is -0.166. The zero-order chi connectivity index (χ0) is 42.6. The maximum Gasteiger partial charge on any atom is 0.203 e. The van der Waals surface area contributed by atoms with Gasteiger partial charge in [-0.25, -0.2) is 0 Å². The fraction of sp³-hybridized carbons (Fsp3) is 0.617. The van der Waals surface area contributed by atoms with Crippen LogP contribution in [0.3, 0.4) is 0 Å². The van der Waals surface area contributed by atoms with E-state index in [9.17, 15) is 10.2 Å². The third-order valence-electron chi connectivity index (χ3n) is 12.7. The van der Waals surface area contributed by atoms with Gasteiger partial charge in [-0.05, 0) is 34.7 Å². The van der Waals surface area contributed by atoms with E-state index in [-0.39, 0.29) is 49.0 Å². The van der Waals surface area contributed by atoms with Crippen molar-refractivity contribution >= 4 is 8.32 Å². The van der Waals surface area contributed by atoms with Crippen LogP contribution in [0.2, 0.25) is 16.6 Å². The van der Waals surface area contributed by atoms with Crippen LogP contribution in [-0.2, 0) is 60.3 Å². The van der Waals surface area contributed by atoms with Crippen molar-refractivity contribution in [3.8, 4) is 0 Å². The van der Waals surface area contributed by atoms with Crippen molar-refractivity contribution in [2.24, 2.45) is 5.92 Å². The van der Waals surface area contributed by atoms with Gasteiger partial charge in [0.05, 0.1) is 45.2 Å². The summed E-state index contributed by atoms with van der Waals surface area (Å²) in [5, 5.41) is 23.3. The lowest BCUT2D eigenvalue weighted by Gasteiger charge is -2.50. The Bertz CT molecular complexity index is 1730. The molecular weight excluding hydrogens is 785 g/mol. The van der Waals surface area contributed by atoms with Crippen LogP contribution in [-0.4, -0.2) is 106 Å². The van der Waals surface area contributed by atoms with E-state index in [2.05, 4.69) is 41.5 Å². The molecule has 0 aliphatic carbocycles. The third kappa shape index (κ3) is 9.64. The highest BCUT2D eigenvalue weighted by Gasteiger charge is 2.61. The summed E-state index contributed by atoms with van der Waals surface area (Å²) >= 11 is 0. The molecule has 0 spiro atoms. The van der Waals surface area contributed by atoms with Gasteiger partial charge in [0.15, 0.2) is 25.2 Å². The van der Waals surface area contributed by atoms with E-state index in [1.807, 2.05) is 105 Å². The first-order valence-corrected chi connectivity index (χ1v) is 23.9. The minimum Gasteiger partial charge on any atom is -0.389 e. The summed E-state index contributed by atoms with van der Waals surface area (Å²) in [6.07, 6.45) is -9.84. The molecule has 60 heavy (non-hydrogen) atoms. The molecule has 3 aromatic rings. The molecule has 12 nitrogen and oxygen atoms in total. The van der Waals surface area contributed by atoms with E-state index in [4.69, 9.17) is 47.1 Å². The monoisotopic (exact) mass is 850 g/mol. The fourth-order valence-corrected chi connectivity index (χ4v) is 15.1. The molecule has 4 saturated heterocycles. The zero-order valence-electron chi connectivity index (χ0n) is 36.3. The number of ether oxygens (including phenoxy) is 9. The Balaban J connectivity index is 1.11. The minimum atomic E-state index is -2.47. The highest BCUT2D eigenvalue weighted by Crippen LogP contribution is 2.47. The Hall–Kier alpha value is -2.60. The van der Waals surface area contributed by atoms with E-state index in [0.717, 1.165) is 16.7 Å². The van der Waals surface area contributed by atoms with Crippen LogP contribution < -0.4 is 0 Å². The summed E-state index contributed by atoms with van der Waals surface area (Å²) in [5.41, 5.74) is 2.71. The highest BCUT2D eigenvalue weighted by molar-refractivity contribution is 6.77. The Kier molecular flexibility index (Phi) is 15.0. The number of aliphatic hydroxyl groups is 2. The van der Waals surface area contributed by atoms with Gasteiger partial charge in [-0.2, -0.15) is 0 Å². The van der Waals surface area contributed by atoms with Gasteiger partial charge < -0.3 is 57.3 Å². The molecule has 4 aliphatic rings. The SMILES string of the molecule is CC1O[C@@H](O[Si](C(C)C)(C(C)C)C(C)C)[C@@H](O)C(O)[C@H]1O[C@@H]1OC[C@@H](C)[C@@H](O[C@@H]2OC[C@]3(COCc4ccccc4)O[C@@H](c4ccccc4)OC23)C1OCc1ccccc1. The second-order valence-corrected chi connectivity index (χ2v) is 23.3. The summed E-state index contributed by atoms with van der Waals surface area (Å²) in [6, 6.07) is 29.7.